The predicted octanol–water partition coefficient (Wildman–Crippen LogP) is 3.50. The third-order valence-corrected chi connectivity index (χ3v) is 4.50. The fourth-order valence-electron chi connectivity index (χ4n) is 2.70. The van der Waals surface area contributed by atoms with Crippen LogP contribution in [0.25, 0.3) is 0 Å². The first kappa shape index (κ1) is 11.1. The van der Waals surface area contributed by atoms with Crippen molar-refractivity contribution in [3.63, 3.8) is 0 Å². The van der Waals surface area contributed by atoms with Crippen LogP contribution in [0.4, 0.5) is 0 Å². The Labute approximate surface area is 97.1 Å². The Morgan fingerprint density at radius 2 is 2.00 bits per heavy atom. The summed E-state index contributed by atoms with van der Waals surface area (Å²) in [6.45, 7) is 5.99. The van der Waals surface area contributed by atoms with Crippen molar-refractivity contribution in [2.24, 2.45) is 17.8 Å². The summed E-state index contributed by atoms with van der Waals surface area (Å²) in [7, 11) is 0. The summed E-state index contributed by atoms with van der Waals surface area (Å²) >= 11 is 1.80. The quantitative estimate of drug-likeness (QED) is 0.692. The topological polar surface area (TPSA) is 3.88 Å². The van der Waals surface area contributed by atoms with Crippen LogP contribution in [0.1, 0.15) is 39.5 Å². The van der Waals surface area contributed by atoms with E-state index in [0.717, 1.165) is 17.8 Å². The van der Waals surface area contributed by atoms with Crippen LogP contribution in [0, 0.1) is 17.8 Å². The van der Waals surface area contributed by atoms with Crippen molar-refractivity contribution in [2.45, 2.75) is 46.1 Å². The first-order valence-electron chi connectivity index (χ1n) is 6.17. The Hall–Kier alpha value is -0.370. The molecule has 0 radical (unpaired) electrons. The van der Waals surface area contributed by atoms with E-state index < -0.39 is 0 Å². The molecular formula is C13H22NS+. The third-order valence-electron chi connectivity index (χ3n) is 3.83. The van der Waals surface area contributed by atoms with Gasteiger partial charge in [-0.15, -0.1) is 0 Å². The van der Waals surface area contributed by atoms with Crippen LogP contribution in [-0.4, -0.2) is 0 Å². The summed E-state index contributed by atoms with van der Waals surface area (Å²) in [5.74, 6) is 2.81. The minimum Gasteiger partial charge on any atom is -0.195 e. The SMILES string of the molecule is CC(C)C1CCC(C[n+]2ccsc2)CC1. The van der Waals surface area contributed by atoms with Gasteiger partial charge >= 0.3 is 0 Å². The Bertz CT molecular complexity index is 271. The lowest BCUT2D eigenvalue weighted by Crippen LogP contribution is -2.36. The predicted molar refractivity (Wildman–Crippen MR) is 64.8 cm³/mol. The Balaban J connectivity index is 1.79. The highest BCUT2D eigenvalue weighted by atomic mass is 32.1. The summed E-state index contributed by atoms with van der Waals surface area (Å²) in [6.07, 6.45) is 7.98. The highest BCUT2D eigenvalue weighted by Crippen LogP contribution is 2.33. The molecule has 84 valence electrons. The lowest BCUT2D eigenvalue weighted by molar-refractivity contribution is -0.699. The van der Waals surface area contributed by atoms with Gasteiger partial charge in [-0.05, 0) is 37.5 Å². The molecular weight excluding hydrogens is 202 g/mol. The molecule has 1 saturated carbocycles. The largest absolute Gasteiger partial charge is 0.224 e. The zero-order valence-electron chi connectivity index (χ0n) is 9.86. The van der Waals surface area contributed by atoms with E-state index in [1.54, 1.807) is 11.3 Å². The van der Waals surface area contributed by atoms with Crippen LogP contribution in [-0.2, 0) is 6.54 Å². The number of nitrogens with zero attached hydrogens (tertiary/aromatic N) is 1. The van der Waals surface area contributed by atoms with Crippen LogP contribution in [0.15, 0.2) is 17.1 Å². The second-order valence-corrected chi connectivity index (χ2v) is 6.00. The number of hydrogen-bond donors (Lipinski definition) is 0. The molecule has 0 aliphatic heterocycles. The molecule has 0 N–H and O–H groups in total. The zero-order valence-corrected chi connectivity index (χ0v) is 10.7. The van der Waals surface area contributed by atoms with E-state index in [1.807, 2.05) is 0 Å². The molecule has 1 aromatic rings. The molecule has 0 amide bonds. The molecule has 0 atom stereocenters. The summed E-state index contributed by atoms with van der Waals surface area (Å²) in [5, 5.41) is 2.17. The second kappa shape index (κ2) is 5.11. The fraction of sp³-hybridized carbons (Fsp3) is 0.769. The number of rotatable bonds is 3. The molecule has 0 saturated heterocycles. The molecule has 1 aromatic heterocycles. The van der Waals surface area contributed by atoms with Gasteiger partial charge in [-0.3, -0.25) is 0 Å². The molecule has 2 heteroatoms. The van der Waals surface area contributed by atoms with Crippen molar-refractivity contribution in [1.82, 2.24) is 0 Å². The van der Waals surface area contributed by atoms with Crippen LogP contribution < -0.4 is 4.57 Å². The smallest absolute Gasteiger partial charge is 0.195 e. The van der Waals surface area contributed by atoms with Gasteiger partial charge in [0.25, 0.3) is 0 Å². The maximum Gasteiger partial charge on any atom is 0.224 e. The van der Waals surface area contributed by atoms with Crippen LogP contribution >= 0.6 is 11.3 Å². The van der Waals surface area contributed by atoms with Gasteiger partial charge in [0.15, 0.2) is 12.7 Å². The maximum atomic E-state index is 2.37. The van der Waals surface area contributed by atoms with Gasteiger partial charge in [-0.25, -0.2) is 0 Å². The summed E-state index contributed by atoms with van der Waals surface area (Å²) in [5.41, 5.74) is 2.23. The third kappa shape index (κ3) is 3.04. The zero-order chi connectivity index (χ0) is 10.7. The van der Waals surface area contributed by atoms with E-state index in [0.29, 0.717) is 0 Å². The van der Waals surface area contributed by atoms with Crippen molar-refractivity contribution in [1.29, 1.82) is 0 Å². The Morgan fingerprint density at radius 1 is 1.27 bits per heavy atom. The van der Waals surface area contributed by atoms with Crippen molar-refractivity contribution < 1.29 is 4.57 Å². The molecule has 2 rings (SSSR count). The first-order valence-corrected chi connectivity index (χ1v) is 7.11. The van der Waals surface area contributed by atoms with Crippen molar-refractivity contribution in [2.75, 3.05) is 0 Å². The van der Waals surface area contributed by atoms with E-state index in [9.17, 15) is 0 Å². The highest BCUT2D eigenvalue weighted by Gasteiger charge is 2.25. The maximum absolute atomic E-state index is 2.37. The summed E-state index contributed by atoms with van der Waals surface area (Å²) in [4.78, 5) is 0. The lowest BCUT2D eigenvalue weighted by Gasteiger charge is -2.29. The van der Waals surface area contributed by atoms with Gasteiger partial charge < -0.3 is 0 Å². The molecule has 1 nitrogen and oxygen atoms in total. The van der Waals surface area contributed by atoms with E-state index >= 15 is 0 Å². The van der Waals surface area contributed by atoms with Crippen LogP contribution in [0.3, 0.4) is 0 Å². The van der Waals surface area contributed by atoms with Gasteiger partial charge in [0, 0.05) is 5.92 Å². The molecule has 0 unspecified atom stereocenters. The fourth-order valence-corrected chi connectivity index (χ4v) is 3.31. The van der Waals surface area contributed by atoms with Crippen LogP contribution in [0.2, 0.25) is 0 Å². The van der Waals surface area contributed by atoms with Gasteiger partial charge in [-0.2, -0.15) is 4.57 Å². The summed E-state index contributed by atoms with van der Waals surface area (Å²) in [6, 6.07) is 0. The van der Waals surface area contributed by atoms with Crippen molar-refractivity contribution >= 4 is 11.3 Å². The Kier molecular flexibility index (Phi) is 3.79. The minimum absolute atomic E-state index is 0.889. The molecule has 1 fully saturated rings. The molecule has 0 aromatic carbocycles. The average Bonchev–Trinajstić information content (AvgIpc) is 2.71. The normalized spacial score (nSPS) is 27.1. The van der Waals surface area contributed by atoms with Crippen LogP contribution in [0.5, 0.6) is 0 Å². The van der Waals surface area contributed by atoms with Gasteiger partial charge in [0.2, 0.25) is 5.51 Å². The summed E-state index contributed by atoms with van der Waals surface area (Å²) < 4.78 is 2.35. The molecule has 0 spiro atoms. The number of hydrogen-bond acceptors (Lipinski definition) is 1. The monoisotopic (exact) mass is 224 g/mol. The van der Waals surface area contributed by atoms with E-state index in [-0.39, 0.29) is 0 Å². The van der Waals surface area contributed by atoms with E-state index in [1.165, 1.54) is 32.2 Å². The van der Waals surface area contributed by atoms with E-state index in [2.05, 4.69) is 35.5 Å². The second-order valence-electron chi connectivity index (χ2n) is 5.25. The molecule has 1 heterocycles. The minimum atomic E-state index is 0.889. The van der Waals surface area contributed by atoms with E-state index in [4.69, 9.17) is 0 Å². The van der Waals surface area contributed by atoms with Gasteiger partial charge in [0.05, 0.1) is 5.38 Å². The Morgan fingerprint density at radius 3 is 2.53 bits per heavy atom. The highest BCUT2D eigenvalue weighted by molar-refractivity contribution is 7.07. The standard InChI is InChI=1S/C13H22NS/c1-11(2)13-5-3-12(4-6-13)9-14-7-8-15-10-14/h7-8,10-13H,3-6,9H2,1-2H3/q+1. The molecule has 15 heavy (non-hydrogen) atoms. The molecule has 1 aliphatic rings. The van der Waals surface area contributed by atoms with Crippen molar-refractivity contribution in [3.05, 3.63) is 17.1 Å². The average molecular weight is 224 g/mol. The van der Waals surface area contributed by atoms with Crippen molar-refractivity contribution in [3.8, 4) is 0 Å². The number of aromatic nitrogens is 1. The first-order chi connectivity index (χ1) is 7.25. The van der Waals surface area contributed by atoms with Gasteiger partial charge in [0.1, 0.15) is 0 Å². The molecule has 0 bridgehead atoms. The lowest BCUT2D eigenvalue weighted by atomic mass is 9.77. The van der Waals surface area contributed by atoms with Gasteiger partial charge in [-0.1, -0.05) is 25.2 Å². The molecule has 1 aliphatic carbocycles. The number of thiazole rings is 1.